The summed E-state index contributed by atoms with van der Waals surface area (Å²) in [6, 6.07) is 0. The fraction of sp³-hybridized carbons (Fsp3) is 0.706. The Kier molecular flexibility index (Phi) is 7.11. The summed E-state index contributed by atoms with van der Waals surface area (Å²) in [6.45, 7) is 5.83. The van der Waals surface area contributed by atoms with Crippen LogP contribution in [0.25, 0.3) is 0 Å². The molecule has 0 bridgehead atoms. The molecule has 1 unspecified atom stereocenters. The second-order valence-corrected chi connectivity index (χ2v) is 6.44. The Labute approximate surface area is 153 Å². The van der Waals surface area contributed by atoms with Crippen molar-refractivity contribution >= 4 is 23.3 Å². The number of anilines is 2. The molecule has 0 aromatic carbocycles. The van der Waals surface area contributed by atoms with Crippen LogP contribution in [0.4, 0.5) is 17.3 Å². The van der Waals surface area contributed by atoms with Crippen molar-refractivity contribution in [2.24, 2.45) is 5.92 Å². The Morgan fingerprint density at radius 3 is 2.88 bits per heavy atom. The van der Waals surface area contributed by atoms with Crippen LogP contribution in [0.5, 0.6) is 0 Å². The van der Waals surface area contributed by atoms with E-state index < -0.39 is 4.92 Å². The summed E-state index contributed by atoms with van der Waals surface area (Å²) in [5, 5.41) is 11.8. The Morgan fingerprint density at radius 2 is 2.23 bits per heavy atom. The molecule has 1 aliphatic rings. The van der Waals surface area contributed by atoms with Crippen LogP contribution < -0.4 is 9.80 Å². The van der Waals surface area contributed by atoms with E-state index in [9.17, 15) is 14.9 Å². The van der Waals surface area contributed by atoms with E-state index in [4.69, 9.17) is 4.74 Å². The second kappa shape index (κ2) is 9.30. The molecule has 2 rings (SSSR count). The number of nitrogens with zero attached hydrogens (tertiary/aromatic N) is 5. The number of carbonyl (C=O) groups excluding carboxylic acids is 1. The summed E-state index contributed by atoms with van der Waals surface area (Å²) < 4.78 is 5.11. The van der Waals surface area contributed by atoms with Gasteiger partial charge < -0.3 is 14.5 Å². The lowest BCUT2D eigenvalue weighted by Gasteiger charge is -2.32. The molecule has 1 saturated heterocycles. The van der Waals surface area contributed by atoms with Gasteiger partial charge in [-0.25, -0.2) is 9.97 Å². The first-order valence-electron chi connectivity index (χ1n) is 9.11. The zero-order valence-electron chi connectivity index (χ0n) is 15.7. The maximum atomic E-state index is 12.1. The number of aromatic nitrogens is 2. The van der Waals surface area contributed by atoms with E-state index in [1.807, 2.05) is 4.90 Å². The molecule has 0 amide bonds. The summed E-state index contributed by atoms with van der Waals surface area (Å²) in [6.07, 6.45) is 4.74. The standard InChI is InChI=1S/C17H27N5O4/c1-4-6-9-20(3)15-14(22(24)25)16(19-12-18-15)21-10-7-8-13(11-21)17(23)26-5-2/h12-13H,4-11H2,1-3H3. The van der Waals surface area contributed by atoms with Crippen LogP contribution in [0.3, 0.4) is 0 Å². The van der Waals surface area contributed by atoms with Gasteiger partial charge in [-0.3, -0.25) is 14.9 Å². The lowest BCUT2D eigenvalue weighted by molar-refractivity contribution is -0.383. The van der Waals surface area contributed by atoms with Crippen molar-refractivity contribution in [3.8, 4) is 0 Å². The number of nitro groups is 1. The smallest absolute Gasteiger partial charge is 0.353 e. The van der Waals surface area contributed by atoms with E-state index in [0.29, 0.717) is 32.1 Å². The van der Waals surface area contributed by atoms with Crippen LogP contribution in [0.2, 0.25) is 0 Å². The minimum atomic E-state index is -0.429. The quantitative estimate of drug-likeness (QED) is 0.393. The molecular weight excluding hydrogens is 338 g/mol. The van der Waals surface area contributed by atoms with Crippen molar-refractivity contribution in [3.05, 3.63) is 16.4 Å². The number of esters is 1. The van der Waals surface area contributed by atoms with E-state index in [1.165, 1.54) is 6.33 Å². The van der Waals surface area contributed by atoms with Gasteiger partial charge in [-0.2, -0.15) is 0 Å². The van der Waals surface area contributed by atoms with Gasteiger partial charge in [0.25, 0.3) is 0 Å². The number of carbonyl (C=O) groups is 1. The molecule has 1 atom stereocenters. The number of hydrogen-bond acceptors (Lipinski definition) is 8. The SMILES string of the molecule is CCCCN(C)c1ncnc(N2CCCC(C(=O)OCC)C2)c1[N+](=O)[O-]. The first kappa shape index (κ1) is 19.9. The van der Waals surface area contributed by atoms with Crippen LogP contribution in [0.1, 0.15) is 39.5 Å². The molecular formula is C17H27N5O4. The van der Waals surface area contributed by atoms with Crippen molar-refractivity contribution in [1.82, 2.24) is 9.97 Å². The molecule has 144 valence electrons. The van der Waals surface area contributed by atoms with Gasteiger partial charge in [-0.15, -0.1) is 0 Å². The zero-order valence-corrected chi connectivity index (χ0v) is 15.7. The third-order valence-electron chi connectivity index (χ3n) is 4.52. The maximum absolute atomic E-state index is 12.1. The number of hydrogen-bond donors (Lipinski definition) is 0. The minimum absolute atomic E-state index is 0.101. The van der Waals surface area contributed by atoms with Gasteiger partial charge in [0.1, 0.15) is 6.33 Å². The zero-order chi connectivity index (χ0) is 19.1. The fourth-order valence-electron chi connectivity index (χ4n) is 3.16. The van der Waals surface area contributed by atoms with Gasteiger partial charge in [-0.05, 0) is 26.2 Å². The lowest BCUT2D eigenvalue weighted by Crippen LogP contribution is -2.40. The summed E-state index contributed by atoms with van der Waals surface area (Å²) >= 11 is 0. The predicted octanol–water partition coefficient (Wildman–Crippen LogP) is 2.40. The van der Waals surface area contributed by atoms with Crippen LogP contribution in [0.15, 0.2) is 6.33 Å². The predicted molar refractivity (Wildman–Crippen MR) is 98.4 cm³/mol. The molecule has 2 heterocycles. The highest BCUT2D eigenvalue weighted by Gasteiger charge is 2.33. The average molecular weight is 365 g/mol. The van der Waals surface area contributed by atoms with Gasteiger partial charge in [0.05, 0.1) is 17.4 Å². The minimum Gasteiger partial charge on any atom is -0.466 e. The molecule has 9 heteroatoms. The van der Waals surface area contributed by atoms with Crippen LogP contribution >= 0.6 is 0 Å². The number of rotatable bonds is 8. The highest BCUT2D eigenvalue weighted by atomic mass is 16.6. The first-order valence-corrected chi connectivity index (χ1v) is 9.11. The summed E-state index contributed by atoms with van der Waals surface area (Å²) in [7, 11) is 1.80. The summed E-state index contributed by atoms with van der Waals surface area (Å²) in [4.78, 5) is 35.3. The Hall–Kier alpha value is -2.45. The molecule has 0 radical (unpaired) electrons. The van der Waals surface area contributed by atoms with E-state index >= 15 is 0 Å². The normalized spacial score (nSPS) is 17.0. The highest BCUT2D eigenvalue weighted by molar-refractivity contribution is 5.75. The van der Waals surface area contributed by atoms with E-state index in [2.05, 4.69) is 16.9 Å². The molecule has 0 aliphatic carbocycles. The van der Waals surface area contributed by atoms with E-state index in [1.54, 1.807) is 18.9 Å². The molecule has 26 heavy (non-hydrogen) atoms. The molecule has 1 aromatic rings. The van der Waals surface area contributed by atoms with E-state index in [0.717, 1.165) is 25.7 Å². The van der Waals surface area contributed by atoms with Crippen LogP contribution in [-0.4, -0.2) is 54.1 Å². The molecule has 1 aliphatic heterocycles. The molecule has 0 N–H and O–H groups in total. The van der Waals surface area contributed by atoms with Crippen molar-refractivity contribution in [2.45, 2.75) is 39.5 Å². The topological polar surface area (TPSA) is 102 Å². The molecule has 1 fully saturated rings. The second-order valence-electron chi connectivity index (χ2n) is 6.44. The lowest BCUT2D eigenvalue weighted by atomic mass is 9.98. The number of unbranched alkanes of at least 4 members (excludes halogenated alkanes) is 1. The number of ether oxygens (including phenoxy) is 1. The monoisotopic (exact) mass is 365 g/mol. The maximum Gasteiger partial charge on any atom is 0.353 e. The Bertz CT molecular complexity index is 640. The largest absolute Gasteiger partial charge is 0.466 e. The van der Waals surface area contributed by atoms with Crippen molar-refractivity contribution < 1.29 is 14.5 Å². The summed E-state index contributed by atoms with van der Waals surface area (Å²) in [5.74, 6) is 0.0396. The first-order chi connectivity index (χ1) is 12.5. The van der Waals surface area contributed by atoms with Gasteiger partial charge in [0, 0.05) is 26.7 Å². The highest BCUT2D eigenvalue weighted by Crippen LogP contribution is 2.35. The molecule has 9 nitrogen and oxygen atoms in total. The third-order valence-corrected chi connectivity index (χ3v) is 4.52. The third kappa shape index (κ3) is 4.59. The fourth-order valence-corrected chi connectivity index (χ4v) is 3.16. The average Bonchev–Trinajstić information content (AvgIpc) is 2.65. The van der Waals surface area contributed by atoms with Gasteiger partial charge in [0.2, 0.25) is 11.6 Å². The van der Waals surface area contributed by atoms with Crippen LogP contribution in [0, 0.1) is 16.0 Å². The summed E-state index contributed by atoms with van der Waals surface area (Å²) in [5.41, 5.74) is -0.101. The van der Waals surface area contributed by atoms with Gasteiger partial charge >= 0.3 is 11.7 Å². The Balaban J connectivity index is 2.30. The van der Waals surface area contributed by atoms with E-state index in [-0.39, 0.29) is 23.4 Å². The molecule has 0 spiro atoms. The van der Waals surface area contributed by atoms with Crippen molar-refractivity contribution in [2.75, 3.05) is 43.1 Å². The van der Waals surface area contributed by atoms with Crippen LogP contribution in [-0.2, 0) is 9.53 Å². The number of piperidine rings is 1. The van der Waals surface area contributed by atoms with Gasteiger partial charge in [0.15, 0.2) is 0 Å². The van der Waals surface area contributed by atoms with Crippen molar-refractivity contribution in [1.29, 1.82) is 0 Å². The van der Waals surface area contributed by atoms with Gasteiger partial charge in [-0.1, -0.05) is 13.3 Å². The molecule has 0 saturated carbocycles. The molecule has 1 aromatic heterocycles. The Morgan fingerprint density at radius 1 is 1.46 bits per heavy atom. The van der Waals surface area contributed by atoms with Crippen molar-refractivity contribution in [3.63, 3.8) is 0 Å².